The van der Waals surface area contributed by atoms with Crippen LogP contribution in [0.4, 0.5) is 19.4 Å². The van der Waals surface area contributed by atoms with Gasteiger partial charge in [0.25, 0.3) is 0 Å². The molecule has 7 heteroatoms. The zero-order chi connectivity index (χ0) is 20.6. The summed E-state index contributed by atoms with van der Waals surface area (Å²) < 4.78 is 28.3. The number of urea groups is 1. The number of ketones is 1. The fourth-order valence-corrected chi connectivity index (χ4v) is 4.26. The van der Waals surface area contributed by atoms with Gasteiger partial charge in [0.15, 0.2) is 5.78 Å². The maximum Gasteiger partial charge on any atom is 0.320 e. The third kappa shape index (κ3) is 3.57. The van der Waals surface area contributed by atoms with E-state index in [1.54, 1.807) is 53.2 Å². The lowest BCUT2D eigenvalue weighted by Crippen LogP contribution is -2.57. The number of hydrogen-bond acceptors (Lipinski definition) is 3. The molecule has 1 spiro atoms. The molecular weight excluding hydrogens is 376 g/mol. The van der Waals surface area contributed by atoms with Crippen molar-refractivity contribution >= 4 is 17.5 Å². The Morgan fingerprint density at radius 1 is 1.10 bits per heavy atom. The fraction of sp³-hybridized carbons (Fsp3) is 0.364. The maximum atomic E-state index is 15.2. The van der Waals surface area contributed by atoms with Crippen molar-refractivity contribution in [3.63, 3.8) is 0 Å². The smallest absolute Gasteiger partial charge is 0.320 e. The molecule has 0 saturated carbocycles. The van der Waals surface area contributed by atoms with Gasteiger partial charge in [-0.1, -0.05) is 28.7 Å². The highest BCUT2D eigenvalue weighted by molar-refractivity contribution is 6.04. The number of hydrogen-bond donors (Lipinski definition) is 0. The van der Waals surface area contributed by atoms with Crippen LogP contribution in [0.15, 0.2) is 48.5 Å². The number of para-hydroxylation sites is 1. The van der Waals surface area contributed by atoms with E-state index in [0.29, 0.717) is 43.7 Å². The van der Waals surface area contributed by atoms with Gasteiger partial charge in [-0.05, 0) is 42.7 Å². The molecule has 0 radical (unpaired) electrons. The summed E-state index contributed by atoms with van der Waals surface area (Å²) >= 11 is 0. The van der Waals surface area contributed by atoms with E-state index in [-0.39, 0.29) is 24.1 Å². The summed E-state index contributed by atoms with van der Waals surface area (Å²) in [5, 5.41) is 0.744. The molecule has 0 unspecified atom stereocenters. The molecule has 2 aliphatic rings. The van der Waals surface area contributed by atoms with Crippen molar-refractivity contribution in [3.05, 3.63) is 65.5 Å². The van der Waals surface area contributed by atoms with Crippen molar-refractivity contribution in [3.8, 4) is 0 Å². The van der Waals surface area contributed by atoms with Crippen LogP contribution < -0.4 is 5.12 Å². The van der Waals surface area contributed by atoms with Gasteiger partial charge in [0, 0.05) is 38.7 Å². The summed E-state index contributed by atoms with van der Waals surface area (Å²) in [4.78, 5) is 28.6. The van der Waals surface area contributed by atoms with Gasteiger partial charge in [0.05, 0.1) is 11.2 Å². The number of likely N-dealkylation sites (tertiary alicyclic amines) is 1. The quantitative estimate of drug-likeness (QED) is 0.712. The summed E-state index contributed by atoms with van der Waals surface area (Å²) in [6.45, 7) is 1.12. The Kier molecular flexibility index (Phi) is 4.98. The van der Waals surface area contributed by atoms with Crippen molar-refractivity contribution in [1.29, 1.82) is 0 Å². The Bertz CT molecular complexity index is 924. The number of Topliss-reactive ketones (excluding diaryl/α,β-unsaturated/α-hetero) is 1. The van der Waals surface area contributed by atoms with Gasteiger partial charge < -0.3 is 9.80 Å². The van der Waals surface area contributed by atoms with Crippen molar-refractivity contribution in [2.24, 2.45) is 0 Å². The van der Waals surface area contributed by atoms with E-state index in [2.05, 4.69) is 0 Å². The topological polar surface area (TPSA) is 43.9 Å². The monoisotopic (exact) mass is 399 g/mol. The molecule has 2 aromatic carbocycles. The van der Waals surface area contributed by atoms with Gasteiger partial charge in [-0.15, -0.1) is 0 Å². The van der Waals surface area contributed by atoms with Gasteiger partial charge in [0.2, 0.25) is 0 Å². The van der Waals surface area contributed by atoms with Crippen LogP contribution in [-0.2, 0) is 6.54 Å². The lowest BCUT2D eigenvalue weighted by Gasteiger charge is -2.47. The second kappa shape index (κ2) is 7.46. The normalized spacial score (nSPS) is 18.0. The number of fused-ring (bicyclic) bond motifs is 1. The van der Waals surface area contributed by atoms with Crippen LogP contribution in [0.25, 0.3) is 0 Å². The minimum Gasteiger partial charge on any atom is -0.324 e. The Hall–Kier alpha value is -2.96. The molecule has 4 rings (SSSR count). The average Bonchev–Trinajstić information content (AvgIpc) is 2.74. The zero-order valence-corrected chi connectivity index (χ0v) is 16.3. The second-order valence-corrected chi connectivity index (χ2v) is 7.87. The third-order valence-corrected chi connectivity index (χ3v) is 5.95. The SMILES string of the molecule is CN(Cc1ccc(F)cc1)C(=O)N1CCC2(CC1)CC(=O)c1ccccc1N2F. The summed E-state index contributed by atoms with van der Waals surface area (Å²) in [5.74, 6) is -0.369. The Morgan fingerprint density at radius 3 is 2.45 bits per heavy atom. The van der Waals surface area contributed by atoms with Crippen LogP contribution in [0, 0.1) is 5.82 Å². The molecule has 0 bridgehead atoms. The van der Waals surface area contributed by atoms with Crippen LogP contribution in [0.5, 0.6) is 0 Å². The van der Waals surface area contributed by atoms with Gasteiger partial charge in [-0.25, -0.2) is 14.3 Å². The molecule has 0 atom stereocenters. The third-order valence-electron chi connectivity index (χ3n) is 5.95. The molecule has 0 N–H and O–H groups in total. The van der Waals surface area contributed by atoms with E-state index < -0.39 is 5.54 Å². The van der Waals surface area contributed by atoms with Crippen molar-refractivity contribution in [2.75, 3.05) is 25.3 Å². The van der Waals surface area contributed by atoms with Crippen LogP contribution in [0.1, 0.15) is 35.2 Å². The average molecular weight is 399 g/mol. The molecule has 29 heavy (non-hydrogen) atoms. The molecule has 1 saturated heterocycles. The van der Waals surface area contributed by atoms with Gasteiger partial charge in [-0.2, -0.15) is 0 Å². The van der Waals surface area contributed by atoms with Gasteiger partial charge >= 0.3 is 6.03 Å². The van der Waals surface area contributed by atoms with Gasteiger partial charge in [-0.3, -0.25) is 4.79 Å². The minimum atomic E-state index is -0.891. The standard InChI is InChI=1S/C22H23F2N3O2/c1-25(15-16-6-8-17(23)9-7-16)21(29)26-12-10-22(11-13-26)14-20(28)18-4-2-3-5-19(18)27(22)24/h2-9H,10-15H2,1H3. The Labute approximate surface area is 168 Å². The number of rotatable bonds is 2. The summed E-state index contributed by atoms with van der Waals surface area (Å²) in [6, 6.07) is 12.6. The zero-order valence-electron chi connectivity index (χ0n) is 16.3. The van der Waals surface area contributed by atoms with Crippen LogP contribution in [0.3, 0.4) is 0 Å². The Balaban J connectivity index is 1.42. The molecule has 0 aliphatic carbocycles. The molecule has 1 fully saturated rings. The van der Waals surface area contributed by atoms with Crippen LogP contribution >= 0.6 is 0 Å². The van der Waals surface area contributed by atoms with E-state index in [1.165, 1.54) is 12.1 Å². The number of amides is 2. The molecule has 2 amide bonds. The molecule has 2 aromatic rings. The van der Waals surface area contributed by atoms with Crippen molar-refractivity contribution in [2.45, 2.75) is 31.3 Å². The summed E-state index contributed by atoms with van der Waals surface area (Å²) in [5.41, 5.74) is 0.674. The highest BCUT2D eigenvalue weighted by Gasteiger charge is 2.47. The largest absolute Gasteiger partial charge is 0.324 e. The number of anilines is 1. The second-order valence-electron chi connectivity index (χ2n) is 7.87. The first-order valence-corrected chi connectivity index (χ1v) is 9.72. The molecule has 5 nitrogen and oxygen atoms in total. The molecular formula is C22H23F2N3O2. The number of piperidine rings is 1. The van der Waals surface area contributed by atoms with E-state index in [0.717, 1.165) is 10.7 Å². The van der Waals surface area contributed by atoms with E-state index >= 15 is 4.48 Å². The molecule has 2 heterocycles. The first kappa shape index (κ1) is 19.4. The first-order chi connectivity index (χ1) is 13.9. The predicted octanol–water partition coefficient (Wildman–Crippen LogP) is 4.19. The highest BCUT2D eigenvalue weighted by atomic mass is 19.2. The lowest BCUT2D eigenvalue weighted by atomic mass is 9.78. The lowest BCUT2D eigenvalue weighted by molar-refractivity contribution is 0.0777. The van der Waals surface area contributed by atoms with E-state index in [4.69, 9.17) is 0 Å². The van der Waals surface area contributed by atoms with Crippen LogP contribution in [-0.4, -0.2) is 47.3 Å². The number of carbonyl (C=O) groups is 2. The van der Waals surface area contributed by atoms with Crippen LogP contribution in [0.2, 0.25) is 0 Å². The first-order valence-electron chi connectivity index (χ1n) is 9.72. The molecule has 152 valence electrons. The van der Waals surface area contributed by atoms with E-state index in [1.807, 2.05) is 0 Å². The number of benzene rings is 2. The summed E-state index contributed by atoms with van der Waals surface area (Å²) in [7, 11) is 1.69. The predicted molar refractivity (Wildman–Crippen MR) is 106 cm³/mol. The van der Waals surface area contributed by atoms with E-state index in [9.17, 15) is 14.0 Å². The van der Waals surface area contributed by atoms with Crippen molar-refractivity contribution < 1.29 is 18.5 Å². The van der Waals surface area contributed by atoms with Gasteiger partial charge in [0.1, 0.15) is 5.82 Å². The molecule has 0 aromatic heterocycles. The number of nitrogens with zero attached hydrogens (tertiary/aromatic N) is 3. The fourth-order valence-electron chi connectivity index (χ4n) is 4.26. The highest BCUT2D eigenvalue weighted by Crippen LogP contribution is 2.43. The van der Waals surface area contributed by atoms with Crippen molar-refractivity contribution in [1.82, 2.24) is 9.80 Å². The maximum absolute atomic E-state index is 15.2. The minimum absolute atomic E-state index is 0.0531. The number of carbonyl (C=O) groups excluding carboxylic acids is 2. The number of halogens is 2. The summed E-state index contributed by atoms with van der Waals surface area (Å²) in [6.07, 6.45) is 0.896. The molecule has 2 aliphatic heterocycles. The Morgan fingerprint density at radius 2 is 1.76 bits per heavy atom.